The highest BCUT2D eigenvalue weighted by atomic mass is 19.4. The number of nitrogens with one attached hydrogen (secondary N) is 1. The summed E-state index contributed by atoms with van der Waals surface area (Å²) in [5.74, 6) is 1.08. The topological polar surface area (TPSA) is 21.3 Å². The fourth-order valence-corrected chi connectivity index (χ4v) is 2.66. The first-order valence-corrected chi connectivity index (χ1v) is 7.48. The van der Waals surface area contributed by atoms with Gasteiger partial charge in [0.05, 0.1) is 5.56 Å². The summed E-state index contributed by atoms with van der Waals surface area (Å²) < 4.78 is 43.1. The third-order valence-corrected chi connectivity index (χ3v) is 3.98. The maximum absolute atomic E-state index is 12.6. The van der Waals surface area contributed by atoms with Crippen molar-refractivity contribution in [2.45, 2.75) is 44.8 Å². The number of ether oxygens (including phenoxy) is 1. The van der Waals surface area contributed by atoms with Gasteiger partial charge in [-0.2, -0.15) is 13.2 Å². The number of alkyl halides is 3. The first-order valence-electron chi connectivity index (χ1n) is 7.48. The quantitative estimate of drug-likeness (QED) is 0.821. The van der Waals surface area contributed by atoms with E-state index in [0.717, 1.165) is 18.1 Å². The Bertz CT molecular complexity index is 439. The molecule has 1 aromatic carbocycles. The Hall–Kier alpha value is -1.23. The normalized spacial score (nSPS) is 23.0. The van der Waals surface area contributed by atoms with Crippen molar-refractivity contribution in [3.05, 3.63) is 29.8 Å². The fourth-order valence-electron chi connectivity index (χ4n) is 2.66. The van der Waals surface area contributed by atoms with Gasteiger partial charge in [-0.3, -0.25) is 0 Å². The second-order valence-electron chi connectivity index (χ2n) is 5.78. The van der Waals surface area contributed by atoms with Crippen molar-refractivity contribution in [3.63, 3.8) is 0 Å². The van der Waals surface area contributed by atoms with Crippen LogP contribution in [0.4, 0.5) is 13.2 Å². The molecule has 118 valence electrons. The summed E-state index contributed by atoms with van der Waals surface area (Å²) in [5, 5.41) is 3.41. The summed E-state index contributed by atoms with van der Waals surface area (Å²) >= 11 is 0. The van der Waals surface area contributed by atoms with Crippen molar-refractivity contribution in [1.29, 1.82) is 0 Å². The van der Waals surface area contributed by atoms with Crippen LogP contribution >= 0.6 is 0 Å². The van der Waals surface area contributed by atoms with E-state index < -0.39 is 11.7 Å². The standard InChI is InChI=1S/C16H22F3NO/c1-12-5-7-14(8-6-12)20-9-10-21-15-4-2-3-13(11-15)16(17,18)19/h2-4,11-12,14,20H,5-10H2,1H3. The second-order valence-corrected chi connectivity index (χ2v) is 5.78. The molecule has 2 nitrogen and oxygen atoms in total. The lowest BCUT2D eigenvalue weighted by molar-refractivity contribution is -0.137. The molecule has 1 fully saturated rings. The number of hydrogen-bond acceptors (Lipinski definition) is 2. The van der Waals surface area contributed by atoms with Crippen LogP contribution in [0.1, 0.15) is 38.2 Å². The lowest BCUT2D eigenvalue weighted by atomic mass is 9.87. The first kappa shape index (κ1) is 16.1. The van der Waals surface area contributed by atoms with Gasteiger partial charge < -0.3 is 10.1 Å². The highest BCUT2D eigenvalue weighted by Gasteiger charge is 2.30. The van der Waals surface area contributed by atoms with Crippen LogP contribution in [-0.4, -0.2) is 19.2 Å². The molecule has 0 aromatic heterocycles. The molecule has 0 unspecified atom stereocenters. The Morgan fingerprint density at radius 3 is 2.57 bits per heavy atom. The predicted molar refractivity (Wildman–Crippen MR) is 76.4 cm³/mol. The third-order valence-electron chi connectivity index (χ3n) is 3.98. The van der Waals surface area contributed by atoms with Crippen LogP contribution in [-0.2, 0) is 6.18 Å². The summed E-state index contributed by atoms with van der Waals surface area (Å²) in [6, 6.07) is 5.54. The smallest absolute Gasteiger partial charge is 0.416 e. The number of rotatable bonds is 5. The zero-order chi connectivity index (χ0) is 15.3. The van der Waals surface area contributed by atoms with E-state index in [1.54, 1.807) is 6.07 Å². The van der Waals surface area contributed by atoms with E-state index in [4.69, 9.17) is 4.74 Å². The van der Waals surface area contributed by atoms with Crippen LogP contribution in [0, 0.1) is 5.92 Å². The SMILES string of the molecule is CC1CCC(NCCOc2cccc(C(F)(F)F)c2)CC1. The van der Waals surface area contributed by atoms with Crippen molar-refractivity contribution in [2.75, 3.05) is 13.2 Å². The highest BCUT2D eigenvalue weighted by Crippen LogP contribution is 2.31. The molecule has 21 heavy (non-hydrogen) atoms. The molecule has 0 amide bonds. The molecular formula is C16H22F3NO. The Kier molecular flexibility index (Phi) is 5.51. The average Bonchev–Trinajstić information content (AvgIpc) is 2.45. The summed E-state index contributed by atoms with van der Waals surface area (Å²) in [6.07, 6.45) is 0.504. The molecule has 1 saturated carbocycles. The van der Waals surface area contributed by atoms with Gasteiger partial charge in [0.2, 0.25) is 0 Å². The van der Waals surface area contributed by atoms with E-state index in [0.29, 0.717) is 19.2 Å². The van der Waals surface area contributed by atoms with Gasteiger partial charge in [0.1, 0.15) is 12.4 Å². The van der Waals surface area contributed by atoms with Crippen molar-refractivity contribution in [3.8, 4) is 5.75 Å². The van der Waals surface area contributed by atoms with Gasteiger partial charge in [-0.25, -0.2) is 0 Å². The van der Waals surface area contributed by atoms with Crippen LogP contribution in [0.15, 0.2) is 24.3 Å². The Labute approximate surface area is 123 Å². The molecule has 0 radical (unpaired) electrons. The summed E-state index contributed by atoms with van der Waals surface area (Å²) in [5.41, 5.74) is -0.672. The molecule has 0 heterocycles. The van der Waals surface area contributed by atoms with Crippen LogP contribution in [0.2, 0.25) is 0 Å². The van der Waals surface area contributed by atoms with Crippen molar-refractivity contribution in [2.24, 2.45) is 5.92 Å². The van der Waals surface area contributed by atoms with Crippen molar-refractivity contribution in [1.82, 2.24) is 5.32 Å². The lowest BCUT2D eigenvalue weighted by Crippen LogP contribution is -2.35. The van der Waals surface area contributed by atoms with Gasteiger partial charge in [0.15, 0.2) is 0 Å². The number of benzene rings is 1. The lowest BCUT2D eigenvalue weighted by Gasteiger charge is -2.27. The summed E-state index contributed by atoms with van der Waals surface area (Å²) in [6.45, 7) is 3.32. The molecule has 0 bridgehead atoms. The molecule has 1 N–H and O–H groups in total. The van der Waals surface area contributed by atoms with E-state index in [1.807, 2.05) is 0 Å². The summed E-state index contributed by atoms with van der Waals surface area (Å²) in [7, 11) is 0. The van der Waals surface area contributed by atoms with Crippen LogP contribution in [0.3, 0.4) is 0 Å². The molecule has 0 saturated heterocycles. The largest absolute Gasteiger partial charge is 0.492 e. The number of halogens is 3. The zero-order valence-corrected chi connectivity index (χ0v) is 12.2. The minimum Gasteiger partial charge on any atom is -0.492 e. The van der Waals surface area contributed by atoms with Gasteiger partial charge >= 0.3 is 6.18 Å². The molecule has 5 heteroatoms. The van der Waals surface area contributed by atoms with Crippen molar-refractivity contribution < 1.29 is 17.9 Å². The van der Waals surface area contributed by atoms with Gasteiger partial charge in [-0.05, 0) is 49.8 Å². The Morgan fingerprint density at radius 1 is 1.19 bits per heavy atom. The van der Waals surface area contributed by atoms with Crippen LogP contribution < -0.4 is 10.1 Å². The minimum absolute atomic E-state index is 0.267. The average molecular weight is 301 g/mol. The van der Waals surface area contributed by atoms with Gasteiger partial charge in [-0.15, -0.1) is 0 Å². The van der Waals surface area contributed by atoms with E-state index in [-0.39, 0.29) is 5.75 Å². The first-order chi connectivity index (χ1) is 9.95. The van der Waals surface area contributed by atoms with E-state index in [1.165, 1.54) is 31.7 Å². The molecule has 1 aromatic rings. The van der Waals surface area contributed by atoms with Gasteiger partial charge in [0.25, 0.3) is 0 Å². The van der Waals surface area contributed by atoms with Gasteiger partial charge in [0, 0.05) is 12.6 Å². The molecule has 2 rings (SSSR count). The van der Waals surface area contributed by atoms with Crippen LogP contribution in [0.5, 0.6) is 5.75 Å². The van der Waals surface area contributed by atoms with Crippen LogP contribution in [0.25, 0.3) is 0 Å². The molecule has 0 aliphatic heterocycles. The maximum atomic E-state index is 12.6. The third kappa shape index (κ3) is 5.23. The predicted octanol–water partition coefficient (Wildman–Crippen LogP) is 4.25. The van der Waals surface area contributed by atoms with E-state index in [2.05, 4.69) is 12.2 Å². The molecule has 0 atom stereocenters. The fraction of sp³-hybridized carbons (Fsp3) is 0.625. The zero-order valence-electron chi connectivity index (χ0n) is 12.2. The van der Waals surface area contributed by atoms with Crippen molar-refractivity contribution >= 4 is 0 Å². The molecular weight excluding hydrogens is 279 g/mol. The monoisotopic (exact) mass is 301 g/mol. The molecule has 1 aliphatic carbocycles. The number of hydrogen-bond donors (Lipinski definition) is 1. The second kappa shape index (κ2) is 7.16. The molecule has 0 spiro atoms. The van der Waals surface area contributed by atoms with E-state index >= 15 is 0 Å². The Balaban J connectivity index is 1.71. The Morgan fingerprint density at radius 2 is 1.90 bits per heavy atom. The molecule has 1 aliphatic rings. The summed E-state index contributed by atoms with van der Waals surface area (Å²) in [4.78, 5) is 0. The minimum atomic E-state index is -4.32. The maximum Gasteiger partial charge on any atom is 0.416 e. The van der Waals surface area contributed by atoms with E-state index in [9.17, 15) is 13.2 Å². The van der Waals surface area contributed by atoms with Gasteiger partial charge in [-0.1, -0.05) is 13.0 Å². The highest BCUT2D eigenvalue weighted by molar-refractivity contribution is 5.30.